The molecule has 2 aromatic carbocycles. The van der Waals surface area contributed by atoms with Gasteiger partial charge < -0.3 is 19.5 Å². The summed E-state index contributed by atoms with van der Waals surface area (Å²) in [7, 11) is 4.84. The van der Waals surface area contributed by atoms with Gasteiger partial charge >= 0.3 is 0 Å². The number of hydrogen-bond acceptors (Lipinski definition) is 6. The number of fused-ring (bicyclic) bond motifs is 1. The fraction of sp³-hybridized carbons (Fsp3) is 0.321. The molecule has 0 aliphatic heterocycles. The van der Waals surface area contributed by atoms with E-state index in [2.05, 4.69) is 26.1 Å². The standard InChI is InChI=1S/C28H32N4O4/c1-28(2,3)25-17-26-30-21(19-8-10-20(34-4)11-9-19)16-22(32(26)31-25)27(33)29-14-13-18-7-12-23(35-5)24(15-18)36-6/h7-12,15-17H,13-14H2,1-6H3,(H,29,33). The van der Waals surface area contributed by atoms with Gasteiger partial charge in [0.2, 0.25) is 0 Å². The number of carbonyl (C=O) groups excluding carboxylic acids is 1. The minimum atomic E-state index is -0.221. The molecule has 0 saturated heterocycles. The summed E-state index contributed by atoms with van der Waals surface area (Å²) >= 11 is 0. The lowest BCUT2D eigenvalue weighted by atomic mass is 9.93. The average Bonchev–Trinajstić information content (AvgIpc) is 3.33. The summed E-state index contributed by atoms with van der Waals surface area (Å²) in [6, 6.07) is 17.1. The Hall–Kier alpha value is -4.07. The largest absolute Gasteiger partial charge is 0.497 e. The lowest BCUT2D eigenvalue weighted by Crippen LogP contribution is -2.28. The highest BCUT2D eigenvalue weighted by Crippen LogP contribution is 2.28. The lowest BCUT2D eigenvalue weighted by Gasteiger charge is -2.14. The molecule has 188 valence electrons. The van der Waals surface area contributed by atoms with Gasteiger partial charge in [-0.25, -0.2) is 9.50 Å². The van der Waals surface area contributed by atoms with Crippen molar-refractivity contribution >= 4 is 11.6 Å². The molecule has 4 rings (SSSR count). The molecule has 0 aliphatic carbocycles. The van der Waals surface area contributed by atoms with Gasteiger partial charge in [-0.2, -0.15) is 5.10 Å². The van der Waals surface area contributed by atoms with Gasteiger partial charge in [-0.15, -0.1) is 0 Å². The molecular weight excluding hydrogens is 456 g/mol. The Bertz CT molecular complexity index is 1370. The molecule has 36 heavy (non-hydrogen) atoms. The first-order valence-electron chi connectivity index (χ1n) is 11.8. The number of nitrogens with zero attached hydrogens (tertiary/aromatic N) is 3. The van der Waals surface area contributed by atoms with Gasteiger partial charge in [0.05, 0.1) is 32.7 Å². The summed E-state index contributed by atoms with van der Waals surface area (Å²) in [5.41, 5.74) is 4.33. The number of amides is 1. The topological polar surface area (TPSA) is 87.0 Å². The van der Waals surface area contributed by atoms with Crippen molar-refractivity contribution in [1.82, 2.24) is 19.9 Å². The van der Waals surface area contributed by atoms with Gasteiger partial charge in [-0.3, -0.25) is 4.79 Å². The summed E-state index contributed by atoms with van der Waals surface area (Å²) in [5, 5.41) is 7.75. The molecule has 0 atom stereocenters. The normalized spacial score (nSPS) is 11.4. The second kappa shape index (κ2) is 10.3. The Kier molecular flexibility index (Phi) is 7.15. The van der Waals surface area contributed by atoms with Crippen molar-refractivity contribution < 1.29 is 19.0 Å². The van der Waals surface area contributed by atoms with Crippen LogP contribution in [0.15, 0.2) is 54.6 Å². The van der Waals surface area contributed by atoms with Crippen LogP contribution in [0.25, 0.3) is 16.9 Å². The number of benzene rings is 2. The van der Waals surface area contributed by atoms with E-state index in [4.69, 9.17) is 24.3 Å². The summed E-state index contributed by atoms with van der Waals surface area (Å²) < 4.78 is 17.6. The highest BCUT2D eigenvalue weighted by Gasteiger charge is 2.22. The Balaban J connectivity index is 1.62. The van der Waals surface area contributed by atoms with Crippen molar-refractivity contribution in [2.75, 3.05) is 27.9 Å². The van der Waals surface area contributed by atoms with Crippen molar-refractivity contribution in [1.29, 1.82) is 0 Å². The zero-order valence-corrected chi connectivity index (χ0v) is 21.6. The Morgan fingerprint density at radius 3 is 2.28 bits per heavy atom. The highest BCUT2D eigenvalue weighted by atomic mass is 16.5. The SMILES string of the molecule is COc1ccc(-c2cc(C(=O)NCCc3ccc(OC)c(OC)c3)n3nc(C(C)(C)C)cc3n2)cc1. The zero-order valence-electron chi connectivity index (χ0n) is 21.6. The zero-order chi connectivity index (χ0) is 25.9. The van der Waals surface area contributed by atoms with E-state index in [1.165, 1.54) is 0 Å². The summed E-state index contributed by atoms with van der Waals surface area (Å²) in [4.78, 5) is 18.1. The Morgan fingerprint density at radius 2 is 1.64 bits per heavy atom. The predicted molar refractivity (Wildman–Crippen MR) is 139 cm³/mol. The van der Waals surface area contributed by atoms with Crippen LogP contribution in [0.3, 0.4) is 0 Å². The van der Waals surface area contributed by atoms with Crippen LogP contribution in [0.5, 0.6) is 17.2 Å². The van der Waals surface area contributed by atoms with E-state index in [-0.39, 0.29) is 11.3 Å². The van der Waals surface area contributed by atoms with Crippen LogP contribution in [-0.2, 0) is 11.8 Å². The third-order valence-corrected chi connectivity index (χ3v) is 5.96. The fourth-order valence-electron chi connectivity index (χ4n) is 3.86. The van der Waals surface area contributed by atoms with E-state index >= 15 is 0 Å². The second-order valence-corrected chi connectivity index (χ2v) is 9.50. The summed E-state index contributed by atoms with van der Waals surface area (Å²) in [6.07, 6.45) is 0.637. The molecular formula is C28H32N4O4. The van der Waals surface area contributed by atoms with Gasteiger partial charge in [-0.1, -0.05) is 26.8 Å². The first-order chi connectivity index (χ1) is 17.2. The van der Waals surface area contributed by atoms with E-state index < -0.39 is 0 Å². The number of nitrogens with one attached hydrogen (secondary N) is 1. The van der Waals surface area contributed by atoms with Crippen LogP contribution < -0.4 is 19.5 Å². The minimum absolute atomic E-state index is 0.185. The summed E-state index contributed by atoms with van der Waals surface area (Å²) in [5.74, 6) is 1.87. The van der Waals surface area contributed by atoms with Crippen LogP contribution >= 0.6 is 0 Å². The molecule has 8 heteroatoms. The smallest absolute Gasteiger partial charge is 0.270 e. The Labute approximate surface area is 211 Å². The molecule has 1 N–H and O–H groups in total. The van der Waals surface area contributed by atoms with E-state index in [9.17, 15) is 4.79 Å². The molecule has 0 fully saturated rings. The maximum atomic E-state index is 13.4. The van der Waals surface area contributed by atoms with E-state index in [1.807, 2.05) is 48.5 Å². The maximum Gasteiger partial charge on any atom is 0.270 e. The monoisotopic (exact) mass is 488 g/mol. The molecule has 0 aliphatic rings. The van der Waals surface area contributed by atoms with Gasteiger partial charge in [0.25, 0.3) is 5.91 Å². The van der Waals surface area contributed by atoms with Crippen LogP contribution in [0.4, 0.5) is 0 Å². The van der Waals surface area contributed by atoms with E-state index in [1.54, 1.807) is 31.9 Å². The average molecular weight is 489 g/mol. The molecule has 0 saturated carbocycles. The number of methoxy groups -OCH3 is 3. The van der Waals surface area contributed by atoms with Gasteiger partial charge in [0.15, 0.2) is 17.1 Å². The number of hydrogen-bond donors (Lipinski definition) is 1. The van der Waals surface area contributed by atoms with Gasteiger partial charge in [0.1, 0.15) is 11.4 Å². The molecule has 0 bridgehead atoms. The number of ether oxygens (including phenoxy) is 3. The molecule has 0 spiro atoms. The molecule has 0 unspecified atom stereocenters. The second-order valence-electron chi connectivity index (χ2n) is 9.50. The third-order valence-electron chi connectivity index (χ3n) is 5.96. The highest BCUT2D eigenvalue weighted by molar-refractivity contribution is 5.94. The summed E-state index contributed by atoms with van der Waals surface area (Å²) in [6.45, 7) is 6.70. The minimum Gasteiger partial charge on any atom is -0.497 e. The van der Waals surface area contributed by atoms with Crippen LogP contribution in [0, 0.1) is 0 Å². The lowest BCUT2D eigenvalue weighted by molar-refractivity contribution is 0.0946. The van der Waals surface area contributed by atoms with Crippen molar-refractivity contribution in [3.8, 4) is 28.5 Å². The van der Waals surface area contributed by atoms with Crippen molar-refractivity contribution in [3.05, 3.63) is 71.5 Å². The predicted octanol–water partition coefficient (Wildman–Crippen LogP) is 4.69. The van der Waals surface area contributed by atoms with E-state index in [0.717, 1.165) is 22.6 Å². The number of carbonyl (C=O) groups is 1. The first kappa shape index (κ1) is 25.0. The van der Waals surface area contributed by atoms with Crippen molar-refractivity contribution in [2.45, 2.75) is 32.6 Å². The van der Waals surface area contributed by atoms with E-state index in [0.29, 0.717) is 41.5 Å². The van der Waals surface area contributed by atoms with Crippen LogP contribution in [0.2, 0.25) is 0 Å². The maximum absolute atomic E-state index is 13.4. The molecule has 2 heterocycles. The van der Waals surface area contributed by atoms with Crippen molar-refractivity contribution in [2.24, 2.45) is 0 Å². The first-order valence-corrected chi connectivity index (χ1v) is 11.8. The van der Waals surface area contributed by atoms with Gasteiger partial charge in [-0.05, 0) is 54.4 Å². The molecule has 4 aromatic rings. The van der Waals surface area contributed by atoms with Crippen molar-refractivity contribution in [3.63, 3.8) is 0 Å². The fourth-order valence-corrected chi connectivity index (χ4v) is 3.86. The molecule has 2 aromatic heterocycles. The van der Waals surface area contributed by atoms with Crippen LogP contribution in [0.1, 0.15) is 42.5 Å². The molecule has 8 nitrogen and oxygen atoms in total. The number of rotatable bonds is 8. The Morgan fingerprint density at radius 1 is 0.917 bits per heavy atom. The quantitative estimate of drug-likeness (QED) is 0.387. The number of aromatic nitrogens is 3. The van der Waals surface area contributed by atoms with Gasteiger partial charge in [0, 0.05) is 23.6 Å². The van der Waals surface area contributed by atoms with Crippen LogP contribution in [-0.4, -0.2) is 48.4 Å². The molecule has 1 amide bonds. The third kappa shape index (κ3) is 5.27. The molecule has 0 radical (unpaired) electrons.